The highest BCUT2D eigenvalue weighted by Crippen LogP contribution is 2.29. The zero-order valence-electron chi connectivity index (χ0n) is 11.6. The van der Waals surface area contributed by atoms with Crippen molar-refractivity contribution in [3.05, 3.63) is 46.7 Å². The van der Waals surface area contributed by atoms with Crippen LogP contribution in [0.5, 0.6) is 5.75 Å². The van der Waals surface area contributed by atoms with Gasteiger partial charge in [0, 0.05) is 12.7 Å². The fraction of sp³-hybridized carbons (Fsp3) is 0.400. The molecule has 0 atom stereocenters. The Morgan fingerprint density at radius 1 is 1.32 bits per heavy atom. The molecule has 102 valence electrons. The summed E-state index contributed by atoms with van der Waals surface area (Å²) in [5.74, 6) is 1.18. The Labute approximate surface area is 119 Å². The van der Waals surface area contributed by atoms with Crippen LogP contribution in [0.2, 0.25) is 5.02 Å². The topological polar surface area (TPSA) is 27.1 Å². The zero-order chi connectivity index (χ0) is 13.8. The smallest absolute Gasteiger partial charge is 0.138 e. The van der Waals surface area contributed by atoms with Gasteiger partial charge in [-0.25, -0.2) is 0 Å². The number of aryl methyl sites for hydroxylation is 1. The molecule has 1 aromatic carbocycles. The first-order valence-corrected chi connectivity index (χ1v) is 6.92. The monoisotopic (exact) mass is 278 g/mol. The van der Waals surface area contributed by atoms with Crippen molar-refractivity contribution < 1.29 is 4.74 Å². The maximum absolute atomic E-state index is 6.24. The van der Waals surface area contributed by atoms with Crippen LogP contribution in [0.4, 0.5) is 0 Å². The Hall–Kier alpha value is -1.48. The Kier molecular flexibility index (Phi) is 4.48. The highest BCUT2D eigenvalue weighted by molar-refractivity contribution is 6.32. The summed E-state index contributed by atoms with van der Waals surface area (Å²) in [5.41, 5.74) is 2.27. The molecule has 0 aliphatic carbocycles. The van der Waals surface area contributed by atoms with E-state index in [1.54, 1.807) is 6.20 Å². The van der Waals surface area contributed by atoms with Crippen LogP contribution in [0.3, 0.4) is 0 Å². The van der Waals surface area contributed by atoms with E-state index in [0.717, 1.165) is 18.0 Å². The van der Waals surface area contributed by atoms with Crippen LogP contribution in [0.1, 0.15) is 37.9 Å². The fourth-order valence-electron chi connectivity index (χ4n) is 1.91. The third-order valence-corrected chi connectivity index (χ3v) is 3.40. The molecule has 0 spiro atoms. The number of rotatable bonds is 5. The second-order valence-electron chi connectivity index (χ2n) is 4.77. The van der Waals surface area contributed by atoms with E-state index in [4.69, 9.17) is 16.3 Å². The number of halogens is 1. The van der Waals surface area contributed by atoms with E-state index in [1.807, 2.05) is 22.9 Å². The lowest BCUT2D eigenvalue weighted by molar-refractivity contribution is 0.292. The minimum atomic E-state index is 0.466. The minimum Gasteiger partial charge on any atom is -0.486 e. The summed E-state index contributed by atoms with van der Waals surface area (Å²) in [7, 11) is 0. The normalized spacial score (nSPS) is 11.0. The minimum absolute atomic E-state index is 0.466. The highest BCUT2D eigenvalue weighted by atomic mass is 35.5. The van der Waals surface area contributed by atoms with Gasteiger partial charge in [0.15, 0.2) is 0 Å². The molecule has 1 aromatic heterocycles. The molecule has 1 heterocycles. The molecule has 0 fully saturated rings. The standard InChI is InChI=1S/C15H19ClN2O/c1-4-18-13(7-8-17-18)10-19-15-6-5-12(11(2)3)9-14(15)16/h5-9,11H,4,10H2,1-3H3. The highest BCUT2D eigenvalue weighted by Gasteiger charge is 2.07. The number of nitrogens with zero attached hydrogens (tertiary/aromatic N) is 2. The van der Waals surface area contributed by atoms with Gasteiger partial charge in [0.25, 0.3) is 0 Å². The van der Waals surface area contributed by atoms with E-state index < -0.39 is 0 Å². The van der Waals surface area contributed by atoms with Crippen LogP contribution in [0.25, 0.3) is 0 Å². The molecule has 3 nitrogen and oxygen atoms in total. The number of benzene rings is 1. The average molecular weight is 279 g/mol. The first-order chi connectivity index (χ1) is 9.11. The van der Waals surface area contributed by atoms with E-state index in [1.165, 1.54) is 5.56 Å². The van der Waals surface area contributed by atoms with Gasteiger partial charge < -0.3 is 4.74 Å². The first kappa shape index (κ1) is 13.9. The molecule has 0 amide bonds. The van der Waals surface area contributed by atoms with Crippen molar-refractivity contribution >= 4 is 11.6 Å². The molecule has 19 heavy (non-hydrogen) atoms. The van der Waals surface area contributed by atoms with Gasteiger partial charge in [-0.1, -0.05) is 31.5 Å². The van der Waals surface area contributed by atoms with Gasteiger partial charge in [0.1, 0.15) is 12.4 Å². The molecule has 2 aromatic rings. The second kappa shape index (κ2) is 6.11. The Balaban J connectivity index is 2.08. The molecule has 0 aliphatic heterocycles. The van der Waals surface area contributed by atoms with Crippen molar-refractivity contribution in [2.24, 2.45) is 0 Å². The van der Waals surface area contributed by atoms with Crippen LogP contribution in [0, 0.1) is 0 Å². The third-order valence-electron chi connectivity index (χ3n) is 3.10. The quantitative estimate of drug-likeness (QED) is 0.817. The lowest BCUT2D eigenvalue weighted by atomic mass is 10.0. The van der Waals surface area contributed by atoms with Crippen molar-refractivity contribution in [1.29, 1.82) is 0 Å². The average Bonchev–Trinajstić information content (AvgIpc) is 2.84. The molecular weight excluding hydrogens is 260 g/mol. The Morgan fingerprint density at radius 3 is 2.74 bits per heavy atom. The van der Waals surface area contributed by atoms with Gasteiger partial charge in [-0.2, -0.15) is 5.10 Å². The van der Waals surface area contributed by atoms with Crippen LogP contribution < -0.4 is 4.74 Å². The van der Waals surface area contributed by atoms with Gasteiger partial charge in [-0.05, 0) is 36.6 Å². The van der Waals surface area contributed by atoms with Crippen molar-refractivity contribution in [2.45, 2.75) is 39.8 Å². The number of hydrogen-bond acceptors (Lipinski definition) is 2. The molecule has 0 saturated carbocycles. The van der Waals surface area contributed by atoms with Crippen LogP contribution in [-0.4, -0.2) is 9.78 Å². The maximum atomic E-state index is 6.24. The number of ether oxygens (including phenoxy) is 1. The number of aromatic nitrogens is 2. The molecule has 0 aliphatic rings. The van der Waals surface area contributed by atoms with E-state index >= 15 is 0 Å². The van der Waals surface area contributed by atoms with E-state index in [-0.39, 0.29) is 0 Å². The van der Waals surface area contributed by atoms with Gasteiger partial charge in [-0.3, -0.25) is 4.68 Å². The summed E-state index contributed by atoms with van der Waals surface area (Å²) in [4.78, 5) is 0. The largest absolute Gasteiger partial charge is 0.486 e. The van der Waals surface area contributed by atoms with Gasteiger partial charge in [0.2, 0.25) is 0 Å². The fourth-order valence-corrected chi connectivity index (χ4v) is 2.16. The molecule has 0 N–H and O–H groups in total. The van der Waals surface area contributed by atoms with E-state index in [9.17, 15) is 0 Å². The predicted molar refractivity (Wildman–Crippen MR) is 77.8 cm³/mol. The molecule has 2 rings (SSSR count). The molecular formula is C15H19ClN2O. The van der Waals surface area contributed by atoms with Crippen molar-refractivity contribution in [3.8, 4) is 5.75 Å². The molecule has 0 unspecified atom stereocenters. The summed E-state index contributed by atoms with van der Waals surface area (Å²) < 4.78 is 7.68. The van der Waals surface area contributed by atoms with Gasteiger partial charge in [-0.15, -0.1) is 0 Å². The zero-order valence-corrected chi connectivity index (χ0v) is 12.3. The summed E-state index contributed by atoms with van der Waals surface area (Å²) >= 11 is 6.24. The van der Waals surface area contributed by atoms with Gasteiger partial charge in [0.05, 0.1) is 10.7 Å². The SMILES string of the molecule is CCn1nccc1COc1ccc(C(C)C)cc1Cl. The van der Waals surface area contributed by atoms with Crippen molar-refractivity contribution in [3.63, 3.8) is 0 Å². The Bertz CT molecular complexity index is 549. The summed E-state index contributed by atoms with van der Waals surface area (Å²) in [5, 5.41) is 4.87. The summed E-state index contributed by atoms with van der Waals surface area (Å²) in [6.45, 7) is 7.67. The van der Waals surface area contributed by atoms with Crippen LogP contribution >= 0.6 is 11.6 Å². The maximum Gasteiger partial charge on any atom is 0.138 e. The second-order valence-corrected chi connectivity index (χ2v) is 5.18. The Morgan fingerprint density at radius 2 is 2.11 bits per heavy atom. The summed E-state index contributed by atoms with van der Waals surface area (Å²) in [6, 6.07) is 7.92. The molecule has 0 bridgehead atoms. The first-order valence-electron chi connectivity index (χ1n) is 6.54. The predicted octanol–water partition coefficient (Wildman–Crippen LogP) is 4.26. The lowest BCUT2D eigenvalue weighted by Crippen LogP contribution is -2.06. The summed E-state index contributed by atoms with van der Waals surface area (Å²) in [6.07, 6.45) is 1.78. The van der Waals surface area contributed by atoms with Crippen LogP contribution in [0.15, 0.2) is 30.5 Å². The molecule has 4 heteroatoms. The van der Waals surface area contributed by atoms with E-state index in [2.05, 4.69) is 31.9 Å². The lowest BCUT2D eigenvalue weighted by Gasteiger charge is -2.11. The van der Waals surface area contributed by atoms with Crippen molar-refractivity contribution in [1.82, 2.24) is 9.78 Å². The molecule has 0 saturated heterocycles. The third kappa shape index (κ3) is 3.29. The van der Waals surface area contributed by atoms with E-state index in [0.29, 0.717) is 17.5 Å². The van der Waals surface area contributed by atoms with Crippen LogP contribution in [-0.2, 0) is 13.2 Å². The molecule has 0 radical (unpaired) electrons. The van der Waals surface area contributed by atoms with Gasteiger partial charge >= 0.3 is 0 Å². The van der Waals surface area contributed by atoms with Crippen molar-refractivity contribution in [2.75, 3.05) is 0 Å². The number of hydrogen-bond donors (Lipinski definition) is 0.